The zero-order valence-electron chi connectivity index (χ0n) is 18.5. The number of anilines is 1. The minimum absolute atomic E-state index is 0.0643. The number of rotatable bonds is 7. The average molecular weight is 475 g/mol. The molecule has 4 aromatic rings. The molecular formula is C27H23ClN2O4. The van der Waals surface area contributed by atoms with Crippen LogP contribution in [0, 0.1) is 0 Å². The average Bonchev–Trinajstić information content (AvgIpc) is 3.38. The van der Waals surface area contributed by atoms with E-state index in [1.807, 2.05) is 66.7 Å². The molecule has 5 rings (SSSR count). The molecule has 1 unspecified atom stereocenters. The molecule has 1 amide bonds. The third-order valence-corrected chi connectivity index (χ3v) is 6.01. The molecule has 0 fully saturated rings. The van der Waals surface area contributed by atoms with Crippen LogP contribution in [0.2, 0.25) is 5.02 Å². The van der Waals surface area contributed by atoms with Gasteiger partial charge in [-0.2, -0.15) is 0 Å². The van der Waals surface area contributed by atoms with E-state index in [1.165, 1.54) is 0 Å². The molecule has 6 nitrogen and oxygen atoms in total. The van der Waals surface area contributed by atoms with Crippen molar-refractivity contribution in [3.05, 3.63) is 113 Å². The smallest absolute Gasteiger partial charge is 0.258 e. The van der Waals surface area contributed by atoms with Gasteiger partial charge >= 0.3 is 0 Å². The SMILES string of the molecule is COc1ccc(C2Nc3ccccc3C(=O)N2Cc2ccco2)cc1COc1ccc(Cl)cc1. The second-order valence-electron chi connectivity index (χ2n) is 7.92. The number of carbonyl (C=O) groups is 1. The van der Waals surface area contributed by atoms with Crippen LogP contribution < -0.4 is 14.8 Å². The third-order valence-electron chi connectivity index (χ3n) is 5.76. The van der Waals surface area contributed by atoms with Gasteiger partial charge in [0.15, 0.2) is 0 Å². The fourth-order valence-corrected chi connectivity index (χ4v) is 4.19. The van der Waals surface area contributed by atoms with Gasteiger partial charge in [-0.25, -0.2) is 0 Å². The van der Waals surface area contributed by atoms with E-state index in [-0.39, 0.29) is 5.91 Å². The summed E-state index contributed by atoms with van der Waals surface area (Å²) in [5.41, 5.74) is 3.19. The number of ether oxygens (including phenoxy) is 2. The zero-order valence-corrected chi connectivity index (χ0v) is 19.3. The van der Waals surface area contributed by atoms with Crippen molar-refractivity contribution < 1.29 is 18.7 Å². The van der Waals surface area contributed by atoms with Crippen LogP contribution in [0.25, 0.3) is 0 Å². The van der Waals surface area contributed by atoms with Gasteiger partial charge in [-0.1, -0.05) is 29.8 Å². The number of fused-ring (bicyclic) bond motifs is 1. The van der Waals surface area contributed by atoms with Crippen molar-refractivity contribution in [2.24, 2.45) is 0 Å². The third kappa shape index (κ3) is 4.45. The molecule has 0 spiro atoms. The van der Waals surface area contributed by atoms with Crippen molar-refractivity contribution in [2.45, 2.75) is 19.3 Å². The molecular weight excluding hydrogens is 452 g/mol. The van der Waals surface area contributed by atoms with E-state index in [1.54, 1.807) is 30.4 Å². The number of carbonyl (C=O) groups excluding carboxylic acids is 1. The first-order chi connectivity index (χ1) is 16.6. The summed E-state index contributed by atoms with van der Waals surface area (Å²) in [7, 11) is 1.63. The van der Waals surface area contributed by atoms with Crippen molar-refractivity contribution in [3.8, 4) is 11.5 Å². The number of nitrogens with zero attached hydrogens (tertiary/aromatic N) is 1. The van der Waals surface area contributed by atoms with Crippen molar-refractivity contribution in [2.75, 3.05) is 12.4 Å². The Kier molecular flexibility index (Phi) is 6.14. The fraction of sp³-hybridized carbons (Fsp3) is 0.148. The number of halogens is 1. The number of methoxy groups -OCH3 is 1. The molecule has 0 saturated heterocycles. The molecule has 0 bridgehead atoms. The molecule has 1 aliphatic heterocycles. The summed E-state index contributed by atoms with van der Waals surface area (Å²) >= 11 is 5.97. The van der Waals surface area contributed by atoms with Gasteiger partial charge in [0.2, 0.25) is 0 Å². The largest absolute Gasteiger partial charge is 0.496 e. The summed E-state index contributed by atoms with van der Waals surface area (Å²) in [6.07, 6.45) is 1.22. The van der Waals surface area contributed by atoms with E-state index in [0.29, 0.717) is 41.0 Å². The lowest BCUT2D eigenvalue weighted by Crippen LogP contribution is -2.42. The van der Waals surface area contributed by atoms with Crippen molar-refractivity contribution >= 4 is 23.2 Å². The first-order valence-electron chi connectivity index (χ1n) is 10.9. The molecule has 172 valence electrons. The summed E-state index contributed by atoms with van der Waals surface area (Å²) in [6, 6.07) is 24.3. The Morgan fingerprint density at radius 3 is 2.62 bits per heavy atom. The number of amides is 1. The van der Waals surface area contributed by atoms with Gasteiger partial charge in [0.05, 0.1) is 25.5 Å². The lowest BCUT2D eigenvalue weighted by Gasteiger charge is -2.38. The Morgan fingerprint density at radius 1 is 1.03 bits per heavy atom. The van der Waals surface area contributed by atoms with E-state index in [2.05, 4.69) is 5.32 Å². The van der Waals surface area contributed by atoms with Gasteiger partial charge in [-0.05, 0) is 66.2 Å². The molecule has 1 N–H and O–H groups in total. The fourth-order valence-electron chi connectivity index (χ4n) is 4.06. The number of para-hydroxylation sites is 1. The number of hydrogen-bond donors (Lipinski definition) is 1. The van der Waals surface area contributed by atoms with Gasteiger partial charge in [-0.15, -0.1) is 0 Å². The Labute approximate surface area is 202 Å². The molecule has 2 heterocycles. The van der Waals surface area contributed by atoms with E-state index in [4.69, 9.17) is 25.5 Å². The first kappa shape index (κ1) is 21.9. The van der Waals surface area contributed by atoms with Gasteiger partial charge in [0.25, 0.3) is 5.91 Å². The summed E-state index contributed by atoms with van der Waals surface area (Å²) in [5.74, 6) is 2.05. The normalized spacial score (nSPS) is 14.9. The van der Waals surface area contributed by atoms with Crippen LogP contribution in [0.3, 0.4) is 0 Å². The predicted molar refractivity (Wildman–Crippen MR) is 130 cm³/mol. The van der Waals surface area contributed by atoms with Gasteiger partial charge < -0.3 is 24.1 Å². The number of benzene rings is 3. The molecule has 1 atom stereocenters. The van der Waals surface area contributed by atoms with Crippen molar-refractivity contribution in [1.82, 2.24) is 4.90 Å². The van der Waals surface area contributed by atoms with E-state index in [9.17, 15) is 4.79 Å². The Bertz CT molecular complexity index is 1290. The first-order valence-corrected chi connectivity index (χ1v) is 11.2. The topological polar surface area (TPSA) is 63.9 Å². The van der Waals surface area contributed by atoms with Gasteiger partial charge in [-0.3, -0.25) is 4.79 Å². The minimum Gasteiger partial charge on any atom is -0.496 e. The lowest BCUT2D eigenvalue weighted by atomic mass is 10.0. The highest BCUT2D eigenvalue weighted by atomic mass is 35.5. The summed E-state index contributed by atoms with van der Waals surface area (Å²) in [4.78, 5) is 15.2. The van der Waals surface area contributed by atoms with Gasteiger partial charge in [0.1, 0.15) is 30.0 Å². The highest BCUT2D eigenvalue weighted by molar-refractivity contribution is 6.30. The summed E-state index contributed by atoms with van der Waals surface area (Å²) in [6.45, 7) is 0.633. The van der Waals surface area contributed by atoms with Gasteiger partial charge in [0, 0.05) is 16.3 Å². The van der Waals surface area contributed by atoms with Crippen molar-refractivity contribution in [1.29, 1.82) is 0 Å². The molecule has 0 radical (unpaired) electrons. The number of nitrogens with one attached hydrogen (secondary N) is 1. The second-order valence-corrected chi connectivity index (χ2v) is 8.36. The Balaban J connectivity index is 1.47. The standard InChI is InChI=1S/C27H23ClN2O4/c1-32-25-13-8-18(15-19(25)17-34-21-11-9-20(28)10-12-21)26-29-24-7-3-2-6-23(24)27(31)30(26)16-22-5-4-14-33-22/h2-15,26,29H,16-17H2,1H3. The van der Waals surface area contributed by atoms with E-state index < -0.39 is 6.17 Å². The number of hydrogen-bond acceptors (Lipinski definition) is 5. The minimum atomic E-state index is -0.396. The van der Waals surface area contributed by atoms with Crippen molar-refractivity contribution in [3.63, 3.8) is 0 Å². The van der Waals surface area contributed by atoms with Crippen LogP contribution in [0.15, 0.2) is 89.5 Å². The molecule has 3 aromatic carbocycles. The van der Waals surface area contributed by atoms with Crippen LogP contribution in [0.4, 0.5) is 5.69 Å². The molecule has 1 aliphatic rings. The maximum absolute atomic E-state index is 13.5. The monoisotopic (exact) mass is 474 g/mol. The quantitative estimate of drug-likeness (QED) is 0.341. The van der Waals surface area contributed by atoms with E-state index >= 15 is 0 Å². The van der Waals surface area contributed by atoms with Crippen LogP contribution in [0.5, 0.6) is 11.5 Å². The zero-order chi connectivity index (χ0) is 23.5. The molecule has 1 aromatic heterocycles. The predicted octanol–water partition coefficient (Wildman–Crippen LogP) is 6.29. The Morgan fingerprint density at radius 2 is 1.85 bits per heavy atom. The highest BCUT2D eigenvalue weighted by Crippen LogP contribution is 2.36. The maximum atomic E-state index is 13.5. The van der Waals surface area contributed by atoms with Crippen LogP contribution in [-0.4, -0.2) is 17.9 Å². The maximum Gasteiger partial charge on any atom is 0.258 e. The lowest BCUT2D eigenvalue weighted by molar-refractivity contribution is 0.0651. The Hall–Kier alpha value is -3.90. The highest BCUT2D eigenvalue weighted by Gasteiger charge is 2.33. The van der Waals surface area contributed by atoms with Crippen LogP contribution >= 0.6 is 11.6 Å². The second kappa shape index (κ2) is 9.53. The molecule has 0 aliphatic carbocycles. The molecule has 7 heteroatoms. The van der Waals surface area contributed by atoms with Crippen LogP contribution in [0.1, 0.15) is 33.4 Å². The molecule has 0 saturated carbocycles. The summed E-state index contributed by atoms with van der Waals surface area (Å²) < 4.78 is 17.1. The van der Waals surface area contributed by atoms with Crippen LogP contribution in [-0.2, 0) is 13.2 Å². The number of furan rings is 1. The van der Waals surface area contributed by atoms with E-state index in [0.717, 1.165) is 16.8 Å². The summed E-state index contributed by atoms with van der Waals surface area (Å²) in [5, 5.41) is 4.17. The molecule has 34 heavy (non-hydrogen) atoms.